The number of carbonyl (C=O) groups is 3. The Bertz CT molecular complexity index is 463. The van der Waals surface area contributed by atoms with Crippen LogP contribution in [0.3, 0.4) is 0 Å². The van der Waals surface area contributed by atoms with Gasteiger partial charge in [-0.25, -0.2) is 4.79 Å². The minimum atomic E-state index is -1.04. The van der Waals surface area contributed by atoms with Gasteiger partial charge in [0.15, 0.2) is 0 Å². The van der Waals surface area contributed by atoms with Crippen molar-refractivity contribution in [1.82, 2.24) is 0 Å². The number of rotatable bonds is 19. The zero-order valence-electron chi connectivity index (χ0n) is 16.3. The number of carbonyl (C=O) groups excluding carboxylic acids is 2. The minimum Gasteiger partial charge on any atom is -0.481 e. The summed E-state index contributed by atoms with van der Waals surface area (Å²) in [5, 5.41) is 8.42. The van der Waals surface area contributed by atoms with Gasteiger partial charge in [0.2, 0.25) is 0 Å². The Morgan fingerprint density at radius 2 is 1.07 bits per heavy atom. The normalized spacial score (nSPS) is 10.5. The van der Waals surface area contributed by atoms with Gasteiger partial charge in [0.05, 0.1) is 65.7 Å². The second kappa shape index (κ2) is 18.4. The lowest BCUT2D eigenvalue weighted by atomic mass is 10.3. The van der Waals surface area contributed by atoms with E-state index in [4.69, 9.17) is 33.5 Å². The number of esters is 2. The average molecular weight is 406 g/mol. The summed E-state index contributed by atoms with van der Waals surface area (Å²) in [6.45, 7) is 8.15. The predicted octanol–water partition coefficient (Wildman–Crippen LogP) is 0.580. The lowest BCUT2D eigenvalue weighted by Crippen LogP contribution is -2.15. The van der Waals surface area contributed by atoms with Crippen molar-refractivity contribution in [3.8, 4) is 0 Å². The first-order valence-corrected chi connectivity index (χ1v) is 8.94. The van der Waals surface area contributed by atoms with Gasteiger partial charge >= 0.3 is 17.9 Å². The van der Waals surface area contributed by atoms with Crippen molar-refractivity contribution in [3.05, 3.63) is 12.2 Å². The maximum atomic E-state index is 11.1. The zero-order valence-corrected chi connectivity index (χ0v) is 16.3. The fraction of sp³-hybridized carbons (Fsp3) is 0.722. The summed E-state index contributed by atoms with van der Waals surface area (Å²) in [4.78, 5) is 32.5. The van der Waals surface area contributed by atoms with Gasteiger partial charge in [0.1, 0.15) is 13.2 Å². The standard InChI is InChI=1S/C18H30O10/c1-15(2)18(22)28-14-12-26-10-8-24-6-5-23-7-9-25-11-13-27-17(21)4-3-16(19)20/h1,3-14H2,2H3,(H,19,20). The molecule has 0 heterocycles. The third-order valence-electron chi connectivity index (χ3n) is 2.96. The molecule has 0 atom stereocenters. The first kappa shape index (κ1) is 26.0. The molecule has 0 aromatic rings. The molecule has 162 valence electrons. The summed E-state index contributed by atoms with van der Waals surface area (Å²) < 4.78 is 30.7. The Balaban J connectivity index is 3.18. The van der Waals surface area contributed by atoms with Gasteiger partial charge in [-0.1, -0.05) is 6.58 Å². The Morgan fingerprint density at radius 1 is 0.679 bits per heavy atom. The van der Waals surface area contributed by atoms with Crippen LogP contribution < -0.4 is 0 Å². The molecular weight excluding hydrogens is 376 g/mol. The monoisotopic (exact) mass is 406 g/mol. The van der Waals surface area contributed by atoms with Crippen molar-refractivity contribution in [2.75, 3.05) is 66.1 Å². The van der Waals surface area contributed by atoms with Crippen LogP contribution in [0.4, 0.5) is 0 Å². The summed E-state index contributed by atoms with van der Waals surface area (Å²) in [6, 6.07) is 0. The van der Waals surface area contributed by atoms with Gasteiger partial charge in [-0.15, -0.1) is 0 Å². The molecular formula is C18H30O10. The number of carboxylic acid groups (broad SMARTS) is 1. The van der Waals surface area contributed by atoms with Crippen molar-refractivity contribution in [1.29, 1.82) is 0 Å². The number of aliphatic carboxylic acids is 1. The number of carboxylic acids is 1. The molecule has 0 bridgehead atoms. The van der Waals surface area contributed by atoms with E-state index in [2.05, 4.69) is 6.58 Å². The number of hydrogen-bond acceptors (Lipinski definition) is 9. The van der Waals surface area contributed by atoms with Gasteiger partial charge in [0.25, 0.3) is 0 Å². The van der Waals surface area contributed by atoms with Gasteiger partial charge < -0.3 is 33.5 Å². The highest BCUT2D eigenvalue weighted by atomic mass is 16.6. The van der Waals surface area contributed by atoms with Gasteiger partial charge in [-0.3, -0.25) is 9.59 Å². The molecule has 0 unspecified atom stereocenters. The quantitative estimate of drug-likeness (QED) is 0.185. The van der Waals surface area contributed by atoms with E-state index in [0.717, 1.165) is 0 Å². The smallest absolute Gasteiger partial charge is 0.333 e. The third-order valence-corrected chi connectivity index (χ3v) is 2.96. The van der Waals surface area contributed by atoms with Crippen molar-refractivity contribution in [3.63, 3.8) is 0 Å². The van der Waals surface area contributed by atoms with Crippen LogP contribution in [0.15, 0.2) is 12.2 Å². The zero-order chi connectivity index (χ0) is 21.0. The van der Waals surface area contributed by atoms with Crippen LogP contribution in [-0.4, -0.2) is 89.1 Å². The second-order valence-electron chi connectivity index (χ2n) is 5.48. The SMILES string of the molecule is C=C(C)C(=O)OCCOCCOCCOCCOCCOC(=O)CCC(=O)O. The average Bonchev–Trinajstić information content (AvgIpc) is 2.65. The molecule has 0 amide bonds. The molecule has 0 aliphatic rings. The number of hydrogen-bond donors (Lipinski definition) is 1. The van der Waals surface area contributed by atoms with Crippen molar-refractivity contribution >= 4 is 17.9 Å². The summed E-state index contributed by atoms with van der Waals surface area (Å²) in [5.41, 5.74) is 0.352. The van der Waals surface area contributed by atoms with Crippen LogP contribution in [0.5, 0.6) is 0 Å². The second-order valence-corrected chi connectivity index (χ2v) is 5.48. The summed E-state index contributed by atoms with van der Waals surface area (Å²) in [5.74, 6) is -2.03. The fourth-order valence-electron chi connectivity index (χ4n) is 1.57. The lowest BCUT2D eigenvalue weighted by Gasteiger charge is -2.08. The highest BCUT2D eigenvalue weighted by molar-refractivity contribution is 5.86. The van der Waals surface area contributed by atoms with Gasteiger partial charge in [0, 0.05) is 5.57 Å². The third kappa shape index (κ3) is 18.8. The van der Waals surface area contributed by atoms with Crippen LogP contribution >= 0.6 is 0 Å². The molecule has 0 rings (SSSR count). The molecule has 0 aliphatic heterocycles. The Kier molecular flexibility index (Phi) is 17.0. The molecule has 1 N–H and O–H groups in total. The molecule has 10 nitrogen and oxygen atoms in total. The van der Waals surface area contributed by atoms with E-state index in [-0.39, 0.29) is 32.7 Å². The highest BCUT2D eigenvalue weighted by Gasteiger charge is 2.06. The van der Waals surface area contributed by atoms with Crippen LogP contribution in [0.2, 0.25) is 0 Å². The minimum absolute atomic E-state index is 0.0773. The molecule has 28 heavy (non-hydrogen) atoms. The first-order chi connectivity index (χ1) is 13.4. The van der Waals surface area contributed by atoms with Crippen LogP contribution in [0.25, 0.3) is 0 Å². The van der Waals surface area contributed by atoms with Crippen molar-refractivity contribution in [2.24, 2.45) is 0 Å². The van der Waals surface area contributed by atoms with E-state index in [1.807, 2.05) is 0 Å². The van der Waals surface area contributed by atoms with E-state index in [9.17, 15) is 14.4 Å². The van der Waals surface area contributed by atoms with E-state index in [0.29, 0.717) is 51.8 Å². The van der Waals surface area contributed by atoms with Gasteiger partial charge in [-0.05, 0) is 6.92 Å². The van der Waals surface area contributed by atoms with Crippen LogP contribution in [0.1, 0.15) is 19.8 Å². The maximum Gasteiger partial charge on any atom is 0.333 e. The summed E-state index contributed by atoms with van der Waals surface area (Å²) in [7, 11) is 0. The maximum absolute atomic E-state index is 11.1. The Morgan fingerprint density at radius 3 is 1.46 bits per heavy atom. The van der Waals surface area contributed by atoms with E-state index in [1.165, 1.54) is 0 Å². The van der Waals surface area contributed by atoms with E-state index >= 15 is 0 Å². The largest absolute Gasteiger partial charge is 0.481 e. The van der Waals surface area contributed by atoms with Crippen LogP contribution in [-0.2, 0) is 42.8 Å². The summed E-state index contributed by atoms with van der Waals surface area (Å²) in [6.07, 6.45) is -0.390. The summed E-state index contributed by atoms with van der Waals surface area (Å²) >= 11 is 0. The van der Waals surface area contributed by atoms with Crippen molar-refractivity contribution in [2.45, 2.75) is 19.8 Å². The molecule has 0 fully saturated rings. The molecule has 0 saturated heterocycles. The Labute approximate surface area is 164 Å². The molecule has 0 aliphatic carbocycles. The number of ether oxygens (including phenoxy) is 6. The molecule has 0 spiro atoms. The molecule has 0 radical (unpaired) electrons. The molecule has 10 heteroatoms. The lowest BCUT2D eigenvalue weighted by molar-refractivity contribution is -0.149. The first-order valence-electron chi connectivity index (χ1n) is 8.94. The fourth-order valence-corrected chi connectivity index (χ4v) is 1.57. The topological polar surface area (TPSA) is 127 Å². The van der Waals surface area contributed by atoms with Crippen molar-refractivity contribution < 1.29 is 47.9 Å². The molecule has 0 aromatic carbocycles. The van der Waals surface area contributed by atoms with Crippen LogP contribution in [0, 0.1) is 0 Å². The predicted molar refractivity (Wildman–Crippen MR) is 96.9 cm³/mol. The molecule has 0 aromatic heterocycles. The van der Waals surface area contributed by atoms with Gasteiger partial charge in [-0.2, -0.15) is 0 Å². The van der Waals surface area contributed by atoms with E-state index in [1.54, 1.807) is 6.92 Å². The molecule has 0 saturated carbocycles. The Hall–Kier alpha value is -2.01. The van der Waals surface area contributed by atoms with E-state index < -0.39 is 17.9 Å². The highest BCUT2D eigenvalue weighted by Crippen LogP contribution is 1.93.